The molecular weight excluding hydrogens is 599 g/mol. The summed E-state index contributed by atoms with van der Waals surface area (Å²) in [4.78, 5) is 23.1. The standard InChI is InChI=1S/C31H34F3N7OS.C2H6/c1-18-21(3-4-28-26(18)11-24(14-35)41(28)15-20-9-23(10-20)38-19(2)42)16-40-7-5-22(6-8-40)39-29-27-12-25(13-31(32,33)34)43-30(27)37-17-36-29;1-2/h3-4,11-12,17,20,22-23H,5-10,13,15-16H2,1-2H3,(H,38,42)(H,36,37,39);1-2H3. The van der Waals surface area contributed by atoms with Crippen molar-refractivity contribution in [2.75, 3.05) is 18.4 Å². The van der Waals surface area contributed by atoms with Gasteiger partial charge in [0.2, 0.25) is 5.91 Å². The molecule has 12 heteroatoms. The van der Waals surface area contributed by atoms with Gasteiger partial charge >= 0.3 is 6.18 Å². The minimum atomic E-state index is -4.25. The number of rotatable bonds is 8. The molecule has 1 aliphatic heterocycles. The second kappa shape index (κ2) is 13.7. The molecule has 1 aliphatic carbocycles. The summed E-state index contributed by atoms with van der Waals surface area (Å²) in [7, 11) is 0. The van der Waals surface area contributed by atoms with Gasteiger partial charge in [-0.2, -0.15) is 18.4 Å². The predicted molar refractivity (Wildman–Crippen MR) is 172 cm³/mol. The number of carbonyl (C=O) groups excluding carboxylic acids is 1. The number of halogens is 3. The van der Waals surface area contributed by atoms with Crippen LogP contribution in [0.15, 0.2) is 30.6 Å². The Morgan fingerprint density at radius 1 is 1.11 bits per heavy atom. The molecule has 0 unspecified atom stereocenters. The molecule has 2 aliphatic rings. The maximum Gasteiger partial charge on any atom is 0.393 e. The Morgan fingerprint density at radius 2 is 1.84 bits per heavy atom. The normalized spacial score (nSPS) is 19.1. The summed E-state index contributed by atoms with van der Waals surface area (Å²) in [6, 6.07) is 10.6. The van der Waals surface area contributed by atoms with E-state index in [1.54, 1.807) is 13.0 Å². The van der Waals surface area contributed by atoms with E-state index in [-0.39, 0.29) is 22.9 Å². The third-order valence-corrected chi connectivity index (χ3v) is 9.79. The molecule has 1 saturated carbocycles. The number of carbonyl (C=O) groups is 1. The molecule has 8 nitrogen and oxygen atoms in total. The number of piperidine rings is 1. The van der Waals surface area contributed by atoms with Crippen molar-refractivity contribution in [3.05, 3.63) is 52.3 Å². The zero-order valence-corrected chi connectivity index (χ0v) is 27.0. The highest BCUT2D eigenvalue weighted by Gasteiger charge is 2.31. The van der Waals surface area contributed by atoms with Crippen LogP contribution in [0.1, 0.15) is 68.2 Å². The van der Waals surface area contributed by atoms with E-state index in [2.05, 4.69) is 55.2 Å². The van der Waals surface area contributed by atoms with Crippen molar-refractivity contribution in [1.29, 1.82) is 5.26 Å². The summed E-state index contributed by atoms with van der Waals surface area (Å²) in [5.41, 5.74) is 4.17. The van der Waals surface area contributed by atoms with Crippen molar-refractivity contribution in [3.63, 3.8) is 0 Å². The summed E-state index contributed by atoms with van der Waals surface area (Å²) in [5, 5.41) is 18.1. The van der Waals surface area contributed by atoms with Crippen LogP contribution in [0.2, 0.25) is 0 Å². The van der Waals surface area contributed by atoms with Crippen molar-refractivity contribution < 1.29 is 18.0 Å². The van der Waals surface area contributed by atoms with Crippen LogP contribution in [0.5, 0.6) is 0 Å². The summed E-state index contributed by atoms with van der Waals surface area (Å²) < 4.78 is 40.8. The SMILES string of the molecule is CC.CC(=O)NC1CC(Cn2c(C#N)cc3c(C)c(CN4CCC(Nc5ncnc6sc(CC(F)(F)F)cc56)CC4)ccc32)C1. The van der Waals surface area contributed by atoms with Crippen LogP contribution in [0.3, 0.4) is 0 Å². The number of amides is 1. The molecule has 1 amide bonds. The quantitative estimate of drug-likeness (QED) is 0.217. The van der Waals surface area contributed by atoms with Crippen LogP contribution < -0.4 is 10.6 Å². The van der Waals surface area contributed by atoms with Gasteiger partial charge in [-0.1, -0.05) is 19.9 Å². The van der Waals surface area contributed by atoms with Crippen LogP contribution in [-0.2, 0) is 24.3 Å². The van der Waals surface area contributed by atoms with Gasteiger partial charge in [0.1, 0.15) is 28.7 Å². The second-order valence-corrected chi connectivity index (χ2v) is 13.0. The van der Waals surface area contributed by atoms with Gasteiger partial charge in [-0.25, -0.2) is 9.97 Å². The highest BCUT2D eigenvalue weighted by atomic mass is 32.1. The topological polar surface area (TPSA) is 98.9 Å². The number of hydrogen-bond acceptors (Lipinski definition) is 7. The van der Waals surface area contributed by atoms with E-state index in [4.69, 9.17) is 0 Å². The molecule has 2 N–H and O–H groups in total. The van der Waals surface area contributed by atoms with E-state index in [1.165, 1.54) is 17.5 Å². The number of benzene rings is 1. The van der Waals surface area contributed by atoms with Crippen molar-refractivity contribution in [3.8, 4) is 6.07 Å². The van der Waals surface area contributed by atoms with Crippen LogP contribution >= 0.6 is 11.3 Å². The van der Waals surface area contributed by atoms with Gasteiger partial charge in [0.05, 0.1) is 11.8 Å². The number of aryl methyl sites for hydroxylation is 1. The first-order valence-corrected chi connectivity index (χ1v) is 16.5. The van der Waals surface area contributed by atoms with E-state index in [1.807, 2.05) is 19.9 Å². The zero-order chi connectivity index (χ0) is 32.3. The second-order valence-electron chi connectivity index (χ2n) is 11.9. The van der Waals surface area contributed by atoms with Gasteiger partial charge < -0.3 is 15.2 Å². The lowest BCUT2D eigenvalue weighted by Gasteiger charge is -2.36. The predicted octanol–water partition coefficient (Wildman–Crippen LogP) is 6.95. The Hall–Kier alpha value is -3.69. The maximum absolute atomic E-state index is 12.9. The van der Waals surface area contributed by atoms with E-state index in [0.29, 0.717) is 27.6 Å². The molecule has 4 heterocycles. The first-order valence-electron chi connectivity index (χ1n) is 15.6. The average molecular weight is 640 g/mol. The number of alkyl halides is 3. The number of anilines is 1. The Labute approximate surface area is 265 Å². The van der Waals surface area contributed by atoms with Crippen molar-refractivity contribution in [2.24, 2.45) is 5.92 Å². The number of aromatic nitrogens is 3. The minimum Gasteiger partial charge on any atom is -0.367 e. The molecular formula is C33H40F3N7OS. The first kappa shape index (κ1) is 32.7. The smallest absolute Gasteiger partial charge is 0.367 e. The third kappa shape index (κ3) is 7.59. The maximum atomic E-state index is 12.9. The van der Waals surface area contributed by atoms with E-state index >= 15 is 0 Å². The number of likely N-dealkylation sites (tertiary alicyclic amines) is 1. The lowest BCUT2D eigenvalue weighted by Crippen LogP contribution is -2.44. The highest BCUT2D eigenvalue weighted by molar-refractivity contribution is 7.18. The van der Waals surface area contributed by atoms with Crippen molar-refractivity contribution in [1.82, 2.24) is 24.8 Å². The molecule has 45 heavy (non-hydrogen) atoms. The molecule has 3 aromatic heterocycles. The Kier molecular flexibility index (Phi) is 9.99. The molecule has 0 bridgehead atoms. The summed E-state index contributed by atoms with van der Waals surface area (Å²) in [6.07, 6.45) is -0.159. The van der Waals surface area contributed by atoms with Crippen LogP contribution in [-0.4, -0.2) is 56.7 Å². The lowest BCUT2D eigenvalue weighted by molar-refractivity contribution is -0.126. The number of nitrogens with one attached hydrogen (secondary N) is 2. The molecule has 1 aromatic carbocycles. The van der Waals surface area contributed by atoms with Crippen LogP contribution in [0.25, 0.3) is 21.1 Å². The van der Waals surface area contributed by atoms with Gasteiger partial charge in [0.15, 0.2) is 0 Å². The Balaban J connectivity index is 0.00000196. The molecule has 240 valence electrons. The van der Waals surface area contributed by atoms with E-state index < -0.39 is 12.6 Å². The monoisotopic (exact) mass is 639 g/mol. The van der Waals surface area contributed by atoms with E-state index in [9.17, 15) is 23.2 Å². The molecule has 2 fully saturated rings. The number of nitrogens with zero attached hydrogens (tertiary/aromatic N) is 5. The zero-order valence-electron chi connectivity index (χ0n) is 26.2. The Morgan fingerprint density at radius 3 is 2.51 bits per heavy atom. The van der Waals surface area contributed by atoms with Gasteiger partial charge in [0.25, 0.3) is 0 Å². The fourth-order valence-corrected chi connectivity index (χ4v) is 7.53. The third-order valence-electron chi connectivity index (χ3n) is 8.74. The number of hydrogen-bond donors (Lipinski definition) is 2. The van der Waals surface area contributed by atoms with Crippen molar-refractivity contribution in [2.45, 2.75) is 91.1 Å². The highest BCUT2D eigenvalue weighted by Crippen LogP contribution is 2.35. The molecule has 0 radical (unpaired) electrons. The van der Waals surface area contributed by atoms with Crippen LogP contribution in [0, 0.1) is 24.2 Å². The Bertz CT molecular complexity index is 1690. The number of thiophene rings is 1. The fraction of sp³-hybridized carbons (Fsp3) is 0.515. The van der Waals surface area contributed by atoms with Gasteiger partial charge in [-0.3, -0.25) is 9.69 Å². The summed E-state index contributed by atoms with van der Waals surface area (Å²) >= 11 is 1.06. The molecule has 0 spiro atoms. The molecule has 1 saturated heterocycles. The largest absolute Gasteiger partial charge is 0.393 e. The summed E-state index contributed by atoms with van der Waals surface area (Å²) in [6.45, 7) is 11.0. The fourth-order valence-electron chi connectivity index (χ4n) is 6.51. The minimum absolute atomic E-state index is 0.00293. The molecule has 6 rings (SSSR count). The van der Waals surface area contributed by atoms with Gasteiger partial charge in [-0.05, 0) is 67.9 Å². The summed E-state index contributed by atoms with van der Waals surface area (Å²) in [5.74, 6) is 1.04. The number of nitriles is 1. The molecule has 0 atom stereocenters. The van der Waals surface area contributed by atoms with E-state index in [0.717, 1.165) is 74.1 Å². The average Bonchev–Trinajstić information content (AvgIpc) is 3.55. The van der Waals surface area contributed by atoms with Gasteiger partial charge in [0, 0.05) is 61.0 Å². The first-order chi connectivity index (χ1) is 21.6. The molecule has 4 aromatic rings. The number of fused-ring (bicyclic) bond motifs is 2. The van der Waals surface area contributed by atoms with Crippen LogP contribution in [0.4, 0.5) is 19.0 Å². The lowest BCUT2D eigenvalue weighted by atomic mass is 9.80. The van der Waals surface area contributed by atoms with Crippen molar-refractivity contribution >= 4 is 44.2 Å². The van der Waals surface area contributed by atoms with Gasteiger partial charge in [-0.15, -0.1) is 11.3 Å².